The lowest BCUT2D eigenvalue weighted by molar-refractivity contribution is 0.0601. The minimum atomic E-state index is -0.280. The summed E-state index contributed by atoms with van der Waals surface area (Å²) in [6, 6.07) is 5.72. The standard InChI is InChI=1S/C17H27NO2/c1-5-7-10-14(6-2)12-18-16-13(3)9-8-11-15(16)17(19)20-4/h8-9,11,14,18H,5-7,10,12H2,1-4H3. The molecule has 0 spiro atoms. The van der Waals surface area contributed by atoms with Crippen LogP contribution in [0.1, 0.15) is 55.5 Å². The quantitative estimate of drug-likeness (QED) is 0.715. The number of para-hydroxylation sites is 1. The van der Waals surface area contributed by atoms with Gasteiger partial charge in [-0.2, -0.15) is 0 Å². The molecule has 0 aliphatic rings. The van der Waals surface area contributed by atoms with E-state index in [-0.39, 0.29) is 5.97 Å². The van der Waals surface area contributed by atoms with Crippen LogP contribution in [-0.2, 0) is 4.74 Å². The number of aryl methyl sites for hydroxylation is 1. The first kappa shape index (κ1) is 16.5. The Morgan fingerprint density at radius 1 is 1.35 bits per heavy atom. The third-order valence-electron chi connectivity index (χ3n) is 3.79. The van der Waals surface area contributed by atoms with Crippen molar-refractivity contribution in [3.05, 3.63) is 29.3 Å². The zero-order valence-corrected chi connectivity index (χ0v) is 13.2. The third-order valence-corrected chi connectivity index (χ3v) is 3.79. The number of anilines is 1. The monoisotopic (exact) mass is 277 g/mol. The highest BCUT2D eigenvalue weighted by Crippen LogP contribution is 2.23. The normalized spacial score (nSPS) is 12.0. The summed E-state index contributed by atoms with van der Waals surface area (Å²) in [6.45, 7) is 7.37. The first-order chi connectivity index (χ1) is 9.63. The summed E-state index contributed by atoms with van der Waals surface area (Å²) in [4.78, 5) is 11.8. The fourth-order valence-electron chi connectivity index (χ4n) is 2.37. The SMILES string of the molecule is CCCCC(CC)CNc1c(C)cccc1C(=O)OC. The number of methoxy groups -OCH3 is 1. The third kappa shape index (κ3) is 4.55. The maximum Gasteiger partial charge on any atom is 0.339 e. The molecule has 1 rings (SSSR count). The average Bonchev–Trinajstić information content (AvgIpc) is 2.47. The molecule has 0 radical (unpaired) electrons. The van der Waals surface area contributed by atoms with E-state index in [2.05, 4.69) is 19.2 Å². The fraction of sp³-hybridized carbons (Fsp3) is 0.588. The van der Waals surface area contributed by atoms with Gasteiger partial charge in [0.15, 0.2) is 0 Å². The first-order valence-corrected chi connectivity index (χ1v) is 7.55. The van der Waals surface area contributed by atoms with Crippen LogP contribution in [-0.4, -0.2) is 19.6 Å². The minimum Gasteiger partial charge on any atom is -0.465 e. The molecule has 112 valence electrons. The van der Waals surface area contributed by atoms with Crippen molar-refractivity contribution in [1.82, 2.24) is 0 Å². The lowest BCUT2D eigenvalue weighted by atomic mass is 9.98. The zero-order valence-electron chi connectivity index (χ0n) is 13.2. The summed E-state index contributed by atoms with van der Waals surface area (Å²) in [5, 5.41) is 3.46. The molecule has 3 nitrogen and oxygen atoms in total. The Balaban J connectivity index is 2.78. The molecule has 0 aromatic heterocycles. The molecule has 1 N–H and O–H groups in total. The van der Waals surface area contributed by atoms with Gasteiger partial charge in [-0.1, -0.05) is 45.2 Å². The molecule has 1 unspecified atom stereocenters. The molecular formula is C17H27NO2. The van der Waals surface area contributed by atoms with Crippen LogP contribution in [0, 0.1) is 12.8 Å². The van der Waals surface area contributed by atoms with Gasteiger partial charge in [-0.25, -0.2) is 4.79 Å². The maximum atomic E-state index is 11.8. The number of hydrogen-bond donors (Lipinski definition) is 1. The lowest BCUT2D eigenvalue weighted by Gasteiger charge is -2.19. The molecule has 0 fully saturated rings. The molecule has 0 saturated heterocycles. The summed E-state index contributed by atoms with van der Waals surface area (Å²) >= 11 is 0. The predicted molar refractivity (Wildman–Crippen MR) is 84.3 cm³/mol. The number of unbranched alkanes of at least 4 members (excludes halogenated alkanes) is 1. The van der Waals surface area contributed by atoms with Gasteiger partial charge in [0.2, 0.25) is 0 Å². The van der Waals surface area contributed by atoms with Gasteiger partial charge in [0, 0.05) is 6.54 Å². The number of hydrogen-bond acceptors (Lipinski definition) is 3. The summed E-state index contributed by atoms with van der Waals surface area (Å²) in [5.74, 6) is 0.373. The van der Waals surface area contributed by atoms with E-state index < -0.39 is 0 Å². The molecule has 0 saturated carbocycles. The molecule has 0 bridgehead atoms. The van der Waals surface area contributed by atoms with E-state index in [4.69, 9.17) is 4.74 Å². The first-order valence-electron chi connectivity index (χ1n) is 7.55. The van der Waals surface area contributed by atoms with Gasteiger partial charge in [0.05, 0.1) is 18.4 Å². The van der Waals surface area contributed by atoms with Gasteiger partial charge < -0.3 is 10.1 Å². The second-order valence-corrected chi connectivity index (χ2v) is 5.29. The zero-order chi connectivity index (χ0) is 15.0. The van der Waals surface area contributed by atoms with Gasteiger partial charge >= 0.3 is 5.97 Å². The largest absolute Gasteiger partial charge is 0.465 e. The number of ether oxygens (including phenoxy) is 1. The molecule has 1 aromatic rings. The average molecular weight is 277 g/mol. The van der Waals surface area contributed by atoms with Crippen LogP contribution in [0.2, 0.25) is 0 Å². The number of carbonyl (C=O) groups excluding carboxylic acids is 1. The summed E-state index contributed by atoms with van der Waals surface area (Å²) in [6.07, 6.45) is 4.89. The van der Waals surface area contributed by atoms with Crippen LogP contribution in [0.5, 0.6) is 0 Å². The molecule has 0 aliphatic carbocycles. The molecular weight excluding hydrogens is 250 g/mol. The lowest BCUT2D eigenvalue weighted by Crippen LogP contribution is -2.17. The predicted octanol–water partition coefficient (Wildman–Crippen LogP) is 4.41. The summed E-state index contributed by atoms with van der Waals surface area (Å²) in [7, 11) is 1.42. The van der Waals surface area contributed by atoms with E-state index >= 15 is 0 Å². The molecule has 1 atom stereocenters. The van der Waals surface area contributed by atoms with Crippen molar-refractivity contribution in [3.63, 3.8) is 0 Å². The van der Waals surface area contributed by atoms with Crippen molar-refractivity contribution in [2.24, 2.45) is 5.92 Å². The highest BCUT2D eigenvalue weighted by Gasteiger charge is 2.14. The molecule has 20 heavy (non-hydrogen) atoms. The Morgan fingerprint density at radius 3 is 2.70 bits per heavy atom. The smallest absolute Gasteiger partial charge is 0.339 e. The topological polar surface area (TPSA) is 38.3 Å². The van der Waals surface area contributed by atoms with Gasteiger partial charge in [-0.05, 0) is 30.9 Å². The maximum absolute atomic E-state index is 11.8. The van der Waals surface area contributed by atoms with Crippen molar-refractivity contribution in [1.29, 1.82) is 0 Å². The van der Waals surface area contributed by atoms with Crippen molar-refractivity contribution in [3.8, 4) is 0 Å². The Kier molecular flexibility index (Phi) is 7.13. The Morgan fingerprint density at radius 2 is 2.10 bits per heavy atom. The summed E-state index contributed by atoms with van der Waals surface area (Å²) < 4.78 is 4.85. The van der Waals surface area contributed by atoms with Gasteiger partial charge in [-0.15, -0.1) is 0 Å². The molecule has 0 aliphatic heterocycles. The summed E-state index contributed by atoms with van der Waals surface area (Å²) in [5.41, 5.74) is 2.62. The van der Waals surface area contributed by atoms with Crippen LogP contribution in [0.25, 0.3) is 0 Å². The van der Waals surface area contributed by atoms with Gasteiger partial charge in [0.25, 0.3) is 0 Å². The van der Waals surface area contributed by atoms with E-state index in [0.29, 0.717) is 11.5 Å². The second kappa shape index (κ2) is 8.62. The van der Waals surface area contributed by atoms with Crippen LogP contribution in [0.4, 0.5) is 5.69 Å². The van der Waals surface area contributed by atoms with Crippen LogP contribution >= 0.6 is 0 Å². The fourth-order valence-corrected chi connectivity index (χ4v) is 2.37. The van der Waals surface area contributed by atoms with Crippen LogP contribution in [0.15, 0.2) is 18.2 Å². The van der Waals surface area contributed by atoms with Gasteiger partial charge in [-0.3, -0.25) is 0 Å². The molecule has 0 amide bonds. The minimum absolute atomic E-state index is 0.280. The van der Waals surface area contributed by atoms with Crippen molar-refractivity contribution < 1.29 is 9.53 Å². The Labute approximate surface area is 122 Å². The van der Waals surface area contributed by atoms with E-state index in [1.54, 1.807) is 0 Å². The van der Waals surface area contributed by atoms with Crippen molar-refractivity contribution >= 4 is 11.7 Å². The van der Waals surface area contributed by atoms with Crippen LogP contribution < -0.4 is 5.32 Å². The highest BCUT2D eigenvalue weighted by atomic mass is 16.5. The Bertz CT molecular complexity index is 429. The number of rotatable bonds is 8. The van der Waals surface area contributed by atoms with Gasteiger partial charge in [0.1, 0.15) is 0 Å². The van der Waals surface area contributed by atoms with E-state index in [1.165, 1.54) is 26.4 Å². The molecule has 0 heterocycles. The second-order valence-electron chi connectivity index (χ2n) is 5.29. The van der Waals surface area contributed by atoms with E-state index in [9.17, 15) is 4.79 Å². The number of nitrogens with one attached hydrogen (secondary N) is 1. The molecule has 1 aromatic carbocycles. The highest BCUT2D eigenvalue weighted by molar-refractivity contribution is 5.96. The van der Waals surface area contributed by atoms with E-state index in [0.717, 1.165) is 24.2 Å². The van der Waals surface area contributed by atoms with Crippen molar-refractivity contribution in [2.45, 2.75) is 46.5 Å². The number of esters is 1. The Hall–Kier alpha value is -1.51. The van der Waals surface area contributed by atoms with Crippen LogP contribution in [0.3, 0.4) is 0 Å². The van der Waals surface area contributed by atoms with E-state index in [1.807, 2.05) is 25.1 Å². The van der Waals surface area contributed by atoms with Crippen molar-refractivity contribution in [2.75, 3.05) is 19.0 Å². The molecule has 3 heteroatoms. The number of benzene rings is 1. The number of carbonyl (C=O) groups is 1.